The highest BCUT2D eigenvalue weighted by Gasteiger charge is 1.89. The summed E-state index contributed by atoms with van der Waals surface area (Å²) >= 11 is 0. The van der Waals surface area contributed by atoms with Crippen LogP contribution in [0.2, 0.25) is 0 Å². The fraction of sp³-hybridized carbons (Fsp3) is 0.714. The number of aliphatic imine (C=N–C) groups is 1. The Kier molecular flexibility index (Phi) is 12.1. The molecule has 1 N–H and O–H groups in total. The van der Waals surface area contributed by atoms with Crippen LogP contribution in [0.25, 0.3) is 0 Å². The molecule has 0 amide bonds. The molecule has 0 spiro atoms. The van der Waals surface area contributed by atoms with Gasteiger partial charge in [0.05, 0.1) is 6.42 Å². The molecular formula is C14H25NO2. The molecule has 98 valence electrons. The maximum absolute atomic E-state index is 10.2. The van der Waals surface area contributed by atoms with Crippen LogP contribution in [0.15, 0.2) is 17.3 Å². The van der Waals surface area contributed by atoms with Crippen LogP contribution in [0.5, 0.6) is 0 Å². The summed E-state index contributed by atoms with van der Waals surface area (Å²) in [6.07, 6.45) is 15.4. The molecule has 0 aliphatic heterocycles. The SMILES string of the molecule is CCCCCCCCCC=CN=CCC(=O)O. The number of hydrogen-bond donors (Lipinski definition) is 1. The monoisotopic (exact) mass is 239 g/mol. The maximum Gasteiger partial charge on any atom is 0.308 e. The lowest BCUT2D eigenvalue weighted by atomic mass is 10.1. The van der Waals surface area contributed by atoms with E-state index in [1.807, 2.05) is 6.08 Å². The van der Waals surface area contributed by atoms with E-state index in [0.29, 0.717) is 0 Å². The molecule has 0 saturated heterocycles. The van der Waals surface area contributed by atoms with Gasteiger partial charge >= 0.3 is 5.97 Å². The molecule has 0 fully saturated rings. The third-order valence-electron chi connectivity index (χ3n) is 2.54. The molecule has 0 unspecified atom stereocenters. The topological polar surface area (TPSA) is 49.7 Å². The quantitative estimate of drug-likeness (QED) is 0.434. The van der Waals surface area contributed by atoms with Crippen LogP contribution >= 0.6 is 0 Å². The second-order valence-corrected chi connectivity index (χ2v) is 4.22. The van der Waals surface area contributed by atoms with Crippen LogP contribution in [-0.4, -0.2) is 17.3 Å². The molecule has 3 heteroatoms. The van der Waals surface area contributed by atoms with Gasteiger partial charge in [0.2, 0.25) is 0 Å². The largest absolute Gasteiger partial charge is 0.481 e. The Morgan fingerprint density at radius 2 is 1.76 bits per heavy atom. The molecule has 0 saturated carbocycles. The first-order valence-electron chi connectivity index (χ1n) is 6.65. The molecule has 0 bridgehead atoms. The van der Waals surface area contributed by atoms with Gasteiger partial charge in [0.1, 0.15) is 0 Å². The molecule has 0 rings (SSSR count). The van der Waals surface area contributed by atoms with Gasteiger partial charge in [-0.1, -0.05) is 51.5 Å². The standard InChI is InChI=1S/C14H25NO2/c1-2-3-4-5-6-7-8-9-10-12-15-13-11-14(16)17/h10,12-13H,2-9,11H2,1H3,(H,16,17). The molecular weight excluding hydrogens is 214 g/mol. The number of carbonyl (C=O) groups is 1. The Hall–Kier alpha value is -1.12. The normalized spacial score (nSPS) is 11.6. The van der Waals surface area contributed by atoms with Crippen molar-refractivity contribution in [2.75, 3.05) is 0 Å². The van der Waals surface area contributed by atoms with Gasteiger partial charge in [0, 0.05) is 12.4 Å². The predicted molar refractivity (Wildman–Crippen MR) is 72.5 cm³/mol. The Balaban J connectivity index is 3.19. The van der Waals surface area contributed by atoms with E-state index in [-0.39, 0.29) is 6.42 Å². The molecule has 0 atom stereocenters. The van der Waals surface area contributed by atoms with Crippen LogP contribution < -0.4 is 0 Å². The third kappa shape index (κ3) is 14.9. The minimum absolute atomic E-state index is 0.00175. The van der Waals surface area contributed by atoms with Gasteiger partial charge in [-0.05, 0) is 12.8 Å². The average Bonchev–Trinajstić information content (AvgIpc) is 2.30. The number of rotatable bonds is 11. The summed E-state index contributed by atoms with van der Waals surface area (Å²) in [7, 11) is 0. The van der Waals surface area contributed by atoms with Gasteiger partial charge in [-0.3, -0.25) is 9.79 Å². The van der Waals surface area contributed by atoms with Crippen molar-refractivity contribution < 1.29 is 9.90 Å². The highest BCUT2D eigenvalue weighted by Crippen LogP contribution is 2.08. The zero-order chi connectivity index (χ0) is 12.8. The van der Waals surface area contributed by atoms with Crippen molar-refractivity contribution in [1.82, 2.24) is 0 Å². The van der Waals surface area contributed by atoms with E-state index >= 15 is 0 Å². The van der Waals surface area contributed by atoms with Gasteiger partial charge in [-0.2, -0.15) is 0 Å². The summed E-state index contributed by atoms with van der Waals surface area (Å²) in [6.45, 7) is 2.23. The lowest BCUT2D eigenvalue weighted by Crippen LogP contribution is -1.93. The van der Waals surface area contributed by atoms with E-state index in [4.69, 9.17) is 5.11 Å². The Labute approximate surface area is 105 Å². The minimum Gasteiger partial charge on any atom is -0.481 e. The maximum atomic E-state index is 10.2. The van der Waals surface area contributed by atoms with Gasteiger partial charge in [-0.15, -0.1) is 0 Å². The van der Waals surface area contributed by atoms with Crippen molar-refractivity contribution in [3.63, 3.8) is 0 Å². The number of nitrogens with zero attached hydrogens (tertiary/aromatic N) is 1. The van der Waals surface area contributed by atoms with Crippen molar-refractivity contribution in [2.24, 2.45) is 4.99 Å². The van der Waals surface area contributed by atoms with Gasteiger partial charge < -0.3 is 5.11 Å². The zero-order valence-electron chi connectivity index (χ0n) is 10.9. The molecule has 17 heavy (non-hydrogen) atoms. The number of aliphatic carboxylic acids is 1. The minimum atomic E-state index is -0.839. The van der Waals surface area contributed by atoms with Gasteiger partial charge in [0.15, 0.2) is 0 Å². The van der Waals surface area contributed by atoms with E-state index in [1.54, 1.807) is 6.20 Å². The second-order valence-electron chi connectivity index (χ2n) is 4.22. The molecule has 0 aromatic heterocycles. The predicted octanol–water partition coefficient (Wildman–Crippen LogP) is 4.19. The average molecular weight is 239 g/mol. The molecule has 0 heterocycles. The number of carboxylic acids is 1. The van der Waals surface area contributed by atoms with Crippen molar-refractivity contribution >= 4 is 12.2 Å². The summed E-state index contributed by atoms with van der Waals surface area (Å²) in [5.41, 5.74) is 0. The van der Waals surface area contributed by atoms with E-state index in [0.717, 1.165) is 6.42 Å². The zero-order valence-corrected chi connectivity index (χ0v) is 10.9. The number of unbranched alkanes of at least 4 members (excludes halogenated alkanes) is 7. The van der Waals surface area contributed by atoms with E-state index in [1.165, 1.54) is 51.2 Å². The van der Waals surface area contributed by atoms with Crippen LogP contribution in [0, 0.1) is 0 Å². The number of allylic oxidation sites excluding steroid dienone is 1. The van der Waals surface area contributed by atoms with Gasteiger partial charge in [0.25, 0.3) is 0 Å². The molecule has 0 aromatic rings. The number of hydrogen-bond acceptors (Lipinski definition) is 2. The first-order valence-corrected chi connectivity index (χ1v) is 6.65. The highest BCUT2D eigenvalue weighted by molar-refractivity contribution is 5.84. The molecule has 0 aromatic carbocycles. The summed E-state index contributed by atoms with van der Waals surface area (Å²) in [6, 6.07) is 0. The summed E-state index contributed by atoms with van der Waals surface area (Å²) < 4.78 is 0. The molecule has 0 aliphatic rings. The lowest BCUT2D eigenvalue weighted by molar-refractivity contribution is -0.135. The second kappa shape index (κ2) is 12.9. The first-order chi connectivity index (χ1) is 8.27. The van der Waals surface area contributed by atoms with E-state index in [2.05, 4.69) is 11.9 Å². The molecule has 0 aliphatic carbocycles. The molecule has 0 radical (unpaired) electrons. The van der Waals surface area contributed by atoms with Crippen LogP contribution in [0.3, 0.4) is 0 Å². The highest BCUT2D eigenvalue weighted by atomic mass is 16.4. The first kappa shape index (κ1) is 15.9. The van der Waals surface area contributed by atoms with Gasteiger partial charge in [-0.25, -0.2) is 0 Å². The van der Waals surface area contributed by atoms with Crippen molar-refractivity contribution in [3.05, 3.63) is 12.3 Å². The summed E-state index contributed by atoms with van der Waals surface area (Å²) in [5, 5.41) is 8.36. The third-order valence-corrected chi connectivity index (χ3v) is 2.54. The number of carboxylic acid groups (broad SMARTS) is 1. The Bertz CT molecular complexity index is 234. The van der Waals surface area contributed by atoms with Crippen LogP contribution in [0.1, 0.15) is 64.7 Å². The van der Waals surface area contributed by atoms with E-state index in [9.17, 15) is 4.79 Å². The van der Waals surface area contributed by atoms with Crippen molar-refractivity contribution in [3.8, 4) is 0 Å². The van der Waals surface area contributed by atoms with Crippen molar-refractivity contribution in [1.29, 1.82) is 0 Å². The molecule has 3 nitrogen and oxygen atoms in total. The lowest BCUT2D eigenvalue weighted by Gasteiger charge is -1.98. The van der Waals surface area contributed by atoms with Crippen molar-refractivity contribution in [2.45, 2.75) is 64.7 Å². The Morgan fingerprint density at radius 1 is 1.12 bits per heavy atom. The fourth-order valence-electron chi connectivity index (χ4n) is 1.55. The Morgan fingerprint density at radius 3 is 2.41 bits per heavy atom. The smallest absolute Gasteiger partial charge is 0.308 e. The fourth-order valence-corrected chi connectivity index (χ4v) is 1.55. The summed E-state index contributed by atoms with van der Waals surface area (Å²) in [5.74, 6) is -0.839. The van der Waals surface area contributed by atoms with E-state index < -0.39 is 5.97 Å². The van der Waals surface area contributed by atoms with Crippen LogP contribution in [-0.2, 0) is 4.79 Å². The summed E-state index contributed by atoms with van der Waals surface area (Å²) in [4.78, 5) is 14.0. The van der Waals surface area contributed by atoms with Crippen LogP contribution in [0.4, 0.5) is 0 Å².